The van der Waals surface area contributed by atoms with Gasteiger partial charge in [-0.1, -0.05) is 32.9 Å². The van der Waals surface area contributed by atoms with Crippen LogP contribution in [0.2, 0.25) is 0 Å². The van der Waals surface area contributed by atoms with Gasteiger partial charge >= 0.3 is 0 Å². The maximum absolute atomic E-state index is 11.0. The number of carbonyl (C=O) groups excluding carboxylic acids is 1. The van der Waals surface area contributed by atoms with Crippen LogP contribution >= 0.6 is 0 Å². The van der Waals surface area contributed by atoms with Crippen LogP contribution in [0.5, 0.6) is 5.75 Å². The standard InChI is InChI=1S/C11H15NO2.C2H6/c1-3-11(13)12-8-9-4-6-10(14-2)7-5-9;1-2/h4-7H,3,8H2,1-2H3,(H,12,13);1-2H3. The smallest absolute Gasteiger partial charge is 0.219 e. The Kier molecular flexibility index (Phi) is 7.94. The fourth-order valence-corrected chi connectivity index (χ4v) is 1.07. The van der Waals surface area contributed by atoms with Crippen molar-refractivity contribution in [3.63, 3.8) is 0 Å². The number of nitrogens with one attached hydrogen (secondary N) is 1. The zero-order chi connectivity index (χ0) is 12.4. The van der Waals surface area contributed by atoms with Gasteiger partial charge in [-0.25, -0.2) is 0 Å². The highest BCUT2D eigenvalue weighted by molar-refractivity contribution is 5.75. The van der Waals surface area contributed by atoms with E-state index in [2.05, 4.69) is 5.32 Å². The molecule has 0 aliphatic rings. The van der Waals surface area contributed by atoms with E-state index in [0.29, 0.717) is 13.0 Å². The van der Waals surface area contributed by atoms with Gasteiger partial charge in [0.1, 0.15) is 5.75 Å². The predicted octanol–water partition coefficient (Wildman–Crippen LogP) is 2.75. The molecule has 1 aromatic rings. The SMILES string of the molecule is CC.CCC(=O)NCc1ccc(OC)cc1. The summed E-state index contributed by atoms with van der Waals surface area (Å²) < 4.78 is 5.03. The van der Waals surface area contributed by atoms with Crippen LogP contribution in [-0.2, 0) is 11.3 Å². The van der Waals surface area contributed by atoms with Crippen molar-refractivity contribution in [3.8, 4) is 5.75 Å². The largest absolute Gasteiger partial charge is 0.497 e. The molecule has 0 atom stereocenters. The molecule has 1 amide bonds. The van der Waals surface area contributed by atoms with E-state index in [1.165, 1.54) is 0 Å². The Morgan fingerprint density at radius 1 is 1.25 bits per heavy atom. The Morgan fingerprint density at radius 3 is 2.25 bits per heavy atom. The van der Waals surface area contributed by atoms with Crippen LogP contribution in [-0.4, -0.2) is 13.0 Å². The van der Waals surface area contributed by atoms with Crippen molar-refractivity contribution in [3.05, 3.63) is 29.8 Å². The Balaban J connectivity index is 0.00000106. The van der Waals surface area contributed by atoms with Crippen LogP contribution in [0.25, 0.3) is 0 Å². The zero-order valence-corrected chi connectivity index (χ0v) is 10.5. The molecule has 3 heteroatoms. The minimum atomic E-state index is 0.0702. The van der Waals surface area contributed by atoms with Crippen molar-refractivity contribution in [1.29, 1.82) is 0 Å². The summed E-state index contributed by atoms with van der Waals surface area (Å²) in [7, 11) is 1.63. The number of hydrogen-bond donors (Lipinski definition) is 1. The summed E-state index contributed by atoms with van der Waals surface area (Å²) in [6, 6.07) is 7.64. The molecule has 1 rings (SSSR count). The van der Waals surface area contributed by atoms with Gasteiger partial charge in [0.2, 0.25) is 5.91 Å². The number of hydrogen-bond acceptors (Lipinski definition) is 2. The lowest BCUT2D eigenvalue weighted by Crippen LogP contribution is -2.21. The minimum Gasteiger partial charge on any atom is -0.497 e. The van der Waals surface area contributed by atoms with Gasteiger partial charge in [0.15, 0.2) is 0 Å². The van der Waals surface area contributed by atoms with Crippen LogP contribution < -0.4 is 10.1 Å². The van der Waals surface area contributed by atoms with E-state index in [0.717, 1.165) is 11.3 Å². The van der Waals surface area contributed by atoms with Crippen molar-refractivity contribution in [1.82, 2.24) is 5.32 Å². The Hall–Kier alpha value is -1.51. The number of ether oxygens (including phenoxy) is 1. The second-order valence-corrected chi connectivity index (χ2v) is 2.98. The van der Waals surface area contributed by atoms with E-state index in [4.69, 9.17) is 4.74 Å². The van der Waals surface area contributed by atoms with Crippen molar-refractivity contribution in [2.24, 2.45) is 0 Å². The first kappa shape index (κ1) is 14.5. The summed E-state index contributed by atoms with van der Waals surface area (Å²) in [4.78, 5) is 11.0. The Morgan fingerprint density at radius 2 is 1.81 bits per heavy atom. The van der Waals surface area contributed by atoms with Crippen molar-refractivity contribution >= 4 is 5.91 Å². The van der Waals surface area contributed by atoms with E-state index in [9.17, 15) is 4.79 Å². The molecule has 16 heavy (non-hydrogen) atoms. The lowest BCUT2D eigenvalue weighted by atomic mass is 10.2. The van der Waals surface area contributed by atoms with Gasteiger partial charge in [-0.05, 0) is 17.7 Å². The zero-order valence-electron chi connectivity index (χ0n) is 10.5. The molecule has 0 bridgehead atoms. The summed E-state index contributed by atoms with van der Waals surface area (Å²) in [6.07, 6.45) is 0.524. The number of amides is 1. The lowest BCUT2D eigenvalue weighted by Gasteiger charge is -2.04. The second-order valence-electron chi connectivity index (χ2n) is 2.98. The summed E-state index contributed by atoms with van der Waals surface area (Å²) in [5, 5.41) is 2.81. The van der Waals surface area contributed by atoms with E-state index >= 15 is 0 Å². The number of carbonyl (C=O) groups is 1. The molecule has 0 aliphatic carbocycles. The molecule has 90 valence electrons. The second kappa shape index (κ2) is 8.77. The van der Waals surface area contributed by atoms with Crippen LogP contribution in [0.15, 0.2) is 24.3 Å². The molecule has 0 aliphatic heterocycles. The van der Waals surface area contributed by atoms with Gasteiger partial charge in [-0.2, -0.15) is 0 Å². The van der Waals surface area contributed by atoms with Gasteiger partial charge in [0.25, 0.3) is 0 Å². The molecule has 1 aromatic carbocycles. The van der Waals surface area contributed by atoms with Crippen LogP contribution in [0.4, 0.5) is 0 Å². The normalized spacial score (nSPS) is 8.75. The summed E-state index contributed by atoms with van der Waals surface area (Å²) >= 11 is 0. The number of rotatable bonds is 4. The first-order valence-electron chi connectivity index (χ1n) is 5.66. The average Bonchev–Trinajstić information content (AvgIpc) is 2.38. The van der Waals surface area contributed by atoms with Gasteiger partial charge in [0, 0.05) is 13.0 Å². The summed E-state index contributed by atoms with van der Waals surface area (Å²) in [6.45, 7) is 6.42. The number of methoxy groups -OCH3 is 1. The van der Waals surface area contributed by atoms with Crippen LogP contribution in [0.3, 0.4) is 0 Å². The third-order valence-corrected chi connectivity index (χ3v) is 1.97. The minimum absolute atomic E-state index is 0.0702. The third kappa shape index (κ3) is 5.39. The van der Waals surface area contributed by atoms with Gasteiger partial charge in [-0.3, -0.25) is 4.79 Å². The van der Waals surface area contributed by atoms with Gasteiger partial charge in [0.05, 0.1) is 7.11 Å². The number of benzene rings is 1. The van der Waals surface area contributed by atoms with E-state index < -0.39 is 0 Å². The van der Waals surface area contributed by atoms with Crippen molar-refractivity contribution < 1.29 is 9.53 Å². The van der Waals surface area contributed by atoms with E-state index in [-0.39, 0.29) is 5.91 Å². The maximum atomic E-state index is 11.0. The fraction of sp³-hybridized carbons (Fsp3) is 0.462. The molecule has 0 saturated heterocycles. The molecule has 0 aromatic heterocycles. The molecular formula is C13H21NO2. The van der Waals surface area contributed by atoms with E-state index in [1.54, 1.807) is 7.11 Å². The third-order valence-electron chi connectivity index (χ3n) is 1.97. The monoisotopic (exact) mass is 223 g/mol. The molecule has 1 N–H and O–H groups in total. The molecule has 0 spiro atoms. The molecule has 0 saturated carbocycles. The molecular weight excluding hydrogens is 202 g/mol. The van der Waals surface area contributed by atoms with Crippen LogP contribution in [0.1, 0.15) is 32.8 Å². The highest BCUT2D eigenvalue weighted by Crippen LogP contribution is 2.10. The first-order valence-corrected chi connectivity index (χ1v) is 5.66. The fourth-order valence-electron chi connectivity index (χ4n) is 1.07. The topological polar surface area (TPSA) is 38.3 Å². The average molecular weight is 223 g/mol. The van der Waals surface area contributed by atoms with Crippen LogP contribution in [0, 0.1) is 0 Å². The highest BCUT2D eigenvalue weighted by atomic mass is 16.5. The summed E-state index contributed by atoms with van der Waals surface area (Å²) in [5.41, 5.74) is 1.08. The van der Waals surface area contributed by atoms with E-state index in [1.807, 2.05) is 45.0 Å². The molecule has 3 nitrogen and oxygen atoms in total. The predicted molar refractivity (Wildman–Crippen MR) is 66.5 cm³/mol. The molecule has 0 radical (unpaired) electrons. The quantitative estimate of drug-likeness (QED) is 0.852. The molecule has 0 unspecified atom stereocenters. The lowest BCUT2D eigenvalue weighted by molar-refractivity contribution is -0.120. The highest BCUT2D eigenvalue weighted by Gasteiger charge is 1.97. The van der Waals surface area contributed by atoms with Crippen molar-refractivity contribution in [2.75, 3.05) is 7.11 Å². The Bertz CT molecular complexity index is 293. The van der Waals surface area contributed by atoms with Crippen molar-refractivity contribution in [2.45, 2.75) is 33.7 Å². The maximum Gasteiger partial charge on any atom is 0.219 e. The Labute approximate surface area is 97.8 Å². The molecule has 0 fully saturated rings. The first-order chi connectivity index (χ1) is 7.76. The van der Waals surface area contributed by atoms with Gasteiger partial charge < -0.3 is 10.1 Å². The summed E-state index contributed by atoms with van der Waals surface area (Å²) in [5.74, 6) is 0.899. The molecule has 0 heterocycles. The van der Waals surface area contributed by atoms with Gasteiger partial charge in [-0.15, -0.1) is 0 Å².